The van der Waals surface area contributed by atoms with Crippen LogP contribution < -0.4 is 0 Å². The molecule has 0 spiro atoms. The summed E-state index contributed by atoms with van der Waals surface area (Å²) in [7, 11) is 0. The van der Waals surface area contributed by atoms with Crippen LogP contribution in [-0.4, -0.2) is 10.7 Å². The van der Waals surface area contributed by atoms with Gasteiger partial charge in [-0.25, -0.2) is 0 Å². The number of rotatable bonds is 3. The zero-order valence-electron chi connectivity index (χ0n) is 6.33. The van der Waals surface area contributed by atoms with E-state index in [1.54, 1.807) is 6.92 Å². The van der Waals surface area contributed by atoms with Gasteiger partial charge in [-0.15, -0.1) is 0 Å². The molecule has 0 heterocycles. The summed E-state index contributed by atoms with van der Waals surface area (Å²) >= 11 is 2.28. The summed E-state index contributed by atoms with van der Waals surface area (Å²) < 4.78 is 0. The van der Waals surface area contributed by atoms with Gasteiger partial charge in [0, 0.05) is 0 Å². The van der Waals surface area contributed by atoms with Gasteiger partial charge in [0.15, 0.2) is 0 Å². The third-order valence-corrected chi connectivity index (χ3v) is 2.86. The van der Waals surface area contributed by atoms with Crippen molar-refractivity contribution in [1.29, 1.82) is 0 Å². The molecule has 10 heavy (non-hydrogen) atoms. The van der Waals surface area contributed by atoms with Crippen LogP contribution in [0.3, 0.4) is 0 Å². The Labute approximate surface area is 74.1 Å². The van der Waals surface area contributed by atoms with E-state index in [2.05, 4.69) is 32.7 Å². The molecule has 61 valence electrons. The molecule has 1 N–H and O–H groups in total. The van der Waals surface area contributed by atoms with Gasteiger partial charge in [0.25, 0.3) is 0 Å². The maximum atomic E-state index is 9.39. The van der Waals surface area contributed by atoms with E-state index in [0.717, 1.165) is 4.81 Å². The van der Waals surface area contributed by atoms with Crippen LogP contribution in [0, 0.1) is 18.3 Å². The molecular weight excluding hydrogens is 307 g/mol. The summed E-state index contributed by atoms with van der Waals surface area (Å²) in [6, 6.07) is 0. The van der Waals surface area contributed by atoms with E-state index >= 15 is 0 Å². The minimum absolute atomic E-state index is 0.493. The molecule has 0 aromatic rings. The van der Waals surface area contributed by atoms with Gasteiger partial charge >= 0.3 is 73.9 Å². The second kappa shape index (κ2) is 4.16. The molecule has 0 fully saturated rings. The number of hydrogen-bond donors (Lipinski definition) is 1. The molecule has 0 aromatic heterocycles. The third-order valence-electron chi connectivity index (χ3n) is 1.28. The molecule has 0 saturated carbocycles. The predicted octanol–water partition coefficient (Wildman–Crippen LogP) is 1.36. The number of aliphatic hydroxyl groups is 1. The van der Waals surface area contributed by atoms with Crippen molar-refractivity contribution in [3.8, 4) is 12.3 Å². The fourth-order valence-corrected chi connectivity index (χ4v) is 1.11. The molecule has 2 heteroatoms. The molecular formula is C8H13OPt. The Kier molecular flexibility index (Phi) is 4.25. The van der Waals surface area contributed by atoms with Crippen LogP contribution in [0.2, 0.25) is 4.81 Å². The second-order valence-corrected chi connectivity index (χ2v) is 3.78. The third kappa shape index (κ3) is 4.09. The second-order valence-electron chi connectivity index (χ2n) is 2.86. The molecule has 0 rings (SSSR count). The van der Waals surface area contributed by atoms with E-state index < -0.39 is 5.60 Å². The van der Waals surface area contributed by atoms with Crippen LogP contribution in [0.25, 0.3) is 0 Å². The number of hydrogen-bond acceptors (Lipinski definition) is 1. The van der Waals surface area contributed by atoms with Crippen molar-refractivity contribution in [2.45, 2.75) is 30.7 Å². The first-order valence-corrected chi connectivity index (χ1v) is 4.84. The van der Waals surface area contributed by atoms with Crippen molar-refractivity contribution in [2.75, 3.05) is 0 Å². The zero-order valence-corrected chi connectivity index (χ0v) is 8.60. The summed E-state index contributed by atoms with van der Waals surface area (Å²) in [5, 5.41) is 9.39. The Hall–Kier alpha value is 0.208. The summed E-state index contributed by atoms with van der Waals surface area (Å²) in [5.41, 5.74) is -0.912. The summed E-state index contributed by atoms with van der Waals surface area (Å²) in [6.45, 7) is 3.76. The number of terminal acetylenes is 1. The Morgan fingerprint density at radius 1 is 1.80 bits per heavy atom. The van der Waals surface area contributed by atoms with E-state index in [1.165, 1.54) is 0 Å². The van der Waals surface area contributed by atoms with Crippen LogP contribution in [0.1, 0.15) is 20.3 Å². The van der Waals surface area contributed by atoms with E-state index in [1.807, 2.05) is 0 Å². The van der Waals surface area contributed by atoms with Gasteiger partial charge in [0.05, 0.1) is 0 Å². The first-order valence-electron chi connectivity index (χ1n) is 3.23. The van der Waals surface area contributed by atoms with Gasteiger partial charge in [0.1, 0.15) is 0 Å². The molecule has 0 aliphatic heterocycles. The van der Waals surface area contributed by atoms with E-state index in [9.17, 15) is 5.11 Å². The monoisotopic (exact) mass is 320 g/mol. The molecule has 0 radical (unpaired) electrons. The zero-order chi connectivity index (χ0) is 8.20. The summed E-state index contributed by atoms with van der Waals surface area (Å²) in [6.07, 6.45) is 5.79. The normalized spacial score (nSPS) is 19.2. The SMILES string of the molecule is C#CC(C)(O)CC(C)[CH2][Pt]. The van der Waals surface area contributed by atoms with Crippen molar-refractivity contribution in [3.05, 3.63) is 0 Å². The van der Waals surface area contributed by atoms with Crippen molar-refractivity contribution >= 4 is 0 Å². The van der Waals surface area contributed by atoms with Crippen molar-refractivity contribution in [3.63, 3.8) is 0 Å². The Morgan fingerprint density at radius 3 is 2.60 bits per heavy atom. The average Bonchev–Trinajstić information content (AvgIpc) is 1.87. The first kappa shape index (κ1) is 10.2. The van der Waals surface area contributed by atoms with E-state index in [4.69, 9.17) is 6.42 Å². The topological polar surface area (TPSA) is 20.2 Å². The molecule has 0 saturated heterocycles. The molecule has 0 amide bonds. The molecule has 0 aromatic carbocycles. The van der Waals surface area contributed by atoms with Crippen LogP contribution in [-0.2, 0) is 19.8 Å². The Morgan fingerprint density at radius 2 is 2.30 bits per heavy atom. The van der Waals surface area contributed by atoms with Crippen molar-refractivity contribution in [2.24, 2.45) is 5.92 Å². The van der Waals surface area contributed by atoms with E-state index in [0.29, 0.717) is 12.3 Å². The molecule has 2 atom stereocenters. The molecule has 1 nitrogen and oxygen atoms in total. The molecule has 0 aliphatic carbocycles. The van der Waals surface area contributed by atoms with Crippen LogP contribution in [0.5, 0.6) is 0 Å². The summed E-state index contributed by atoms with van der Waals surface area (Å²) in [4.78, 5) is 1.04. The first-order chi connectivity index (χ1) is 4.52. The van der Waals surface area contributed by atoms with Gasteiger partial charge in [0.2, 0.25) is 0 Å². The van der Waals surface area contributed by atoms with Crippen LogP contribution in [0.4, 0.5) is 0 Å². The van der Waals surface area contributed by atoms with Gasteiger partial charge in [-0.3, -0.25) is 0 Å². The van der Waals surface area contributed by atoms with E-state index in [-0.39, 0.29) is 0 Å². The van der Waals surface area contributed by atoms with Gasteiger partial charge < -0.3 is 0 Å². The van der Waals surface area contributed by atoms with Gasteiger partial charge in [-0.05, 0) is 0 Å². The van der Waals surface area contributed by atoms with Gasteiger partial charge in [-0.1, -0.05) is 0 Å². The Balaban J connectivity index is 3.79. The minimum atomic E-state index is -0.912. The van der Waals surface area contributed by atoms with Gasteiger partial charge in [-0.2, -0.15) is 0 Å². The molecule has 0 aliphatic rings. The fourth-order valence-electron chi connectivity index (χ4n) is 0.783. The van der Waals surface area contributed by atoms with Crippen molar-refractivity contribution in [1.82, 2.24) is 0 Å². The standard InChI is InChI=1S/C8H13O.Pt/c1-5-8(4,9)6-7(2)3;/h1,7,9H,2,6H2,3-4H3;. The maximum absolute atomic E-state index is 9.39. The Bertz CT molecular complexity index is 135. The van der Waals surface area contributed by atoms with Crippen LogP contribution >= 0.6 is 0 Å². The fraction of sp³-hybridized carbons (Fsp3) is 0.750. The molecule has 0 bridgehead atoms. The quantitative estimate of drug-likeness (QED) is 0.779. The summed E-state index contributed by atoms with van der Waals surface area (Å²) in [5.74, 6) is 2.85. The van der Waals surface area contributed by atoms with Crippen molar-refractivity contribution < 1.29 is 24.9 Å². The molecule has 2 unspecified atom stereocenters. The van der Waals surface area contributed by atoms with Crippen LogP contribution in [0.15, 0.2) is 0 Å². The predicted molar refractivity (Wildman–Crippen MR) is 38.0 cm³/mol. The average molecular weight is 320 g/mol.